The molecule has 2 aliphatic rings. The van der Waals surface area contributed by atoms with Crippen LogP contribution < -0.4 is 5.32 Å². The normalized spacial score (nSPS) is 27.0. The maximum Gasteiger partial charge on any atom is 0.0328 e. The predicted molar refractivity (Wildman–Crippen MR) is 69.7 cm³/mol. The molecule has 0 aromatic heterocycles. The van der Waals surface area contributed by atoms with Gasteiger partial charge >= 0.3 is 0 Å². The Morgan fingerprint density at radius 1 is 1.19 bits per heavy atom. The zero-order valence-electron chi connectivity index (χ0n) is 11.3. The first-order valence-electron chi connectivity index (χ1n) is 7.05. The summed E-state index contributed by atoms with van der Waals surface area (Å²) in [6.45, 7) is 3.58. The fraction of sp³-hybridized carbons (Fsp3) is 1.00. The highest BCUT2D eigenvalue weighted by molar-refractivity contribution is 4.98. The molecule has 2 nitrogen and oxygen atoms in total. The van der Waals surface area contributed by atoms with Gasteiger partial charge in [-0.05, 0) is 59.0 Å². The largest absolute Gasteiger partial charge is 0.312 e. The predicted octanol–water partition coefficient (Wildman–Crippen LogP) is 2.64. The number of nitrogens with one attached hydrogen (secondary N) is 1. The summed E-state index contributed by atoms with van der Waals surface area (Å²) in [6.07, 6.45) is 9.98. The highest BCUT2D eigenvalue weighted by Crippen LogP contribution is 2.36. The lowest BCUT2D eigenvalue weighted by Crippen LogP contribution is -2.58. The summed E-state index contributed by atoms with van der Waals surface area (Å²) in [5, 5.41) is 3.81. The third-order valence-electron chi connectivity index (χ3n) is 5.09. The standard InChI is InChI=1S/C14H28N2/c1-12(13-7-4-5-8-13)15-11-14(16(2)3)9-6-10-14/h12-13,15H,4-11H2,1-3H3. The summed E-state index contributed by atoms with van der Waals surface area (Å²) >= 11 is 0. The van der Waals surface area contributed by atoms with Crippen molar-refractivity contribution >= 4 is 0 Å². The molecule has 16 heavy (non-hydrogen) atoms. The van der Waals surface area contributed by atoms with Crippen molar-refractivity contribution in [1.29, 1.82) is 0 Å². The zero-order valence-corrected chi connectivity index (χ0v) is 11.3. The van der Waals surface area contributed by atoms with Crippen LogP contribution in [0.2, 0.25) is 0 Å². The van der Waals surface area contributed by atoms with Gasteiger partial charge in [0.05, 0.1) is 0 Å². The molecule has 0 bridgehead atoms. The van der Waals surface area contributed by atoms with Crippen LogP contribution in [0.5, 0.6) is 0 Å². The van der Waals surface area contributed by atoms with Crippen LogP contribution in [0.25, 0.3) is 0 Å². The van der Waals surface area contributed by atoms with E-state index in [-0.39, 0.29) is 0 Å². The van der Waals surface area contributed by atoms with E-state index < -0.39 is 0 Å². The van der Waals surface area contributed by atoms with Gasteiger partial charge in [-0.1, -0.05) is 12.8 Å². The highest BCUT2D eigenvalue weighted by atomic mass is 15.2. The Morgan fingerprint density at radius 3 is 2.25 bits per heavy atom. The Bertz CT molecular complexity index is 215. The topological polar surface area (TPSA) is 15.3 Å². The van der Waals surface area contributed by atoms with Crippen LogP contribution in [-0.4, -0.2) is 37.1 Å². The average molecular weight is 224 g/mol. The second kappa shape index (κ2) is 5.05. The molecule has 0 heterocycles. The molecule has 0 aromatic carbocycles. The van der Waals surface area contributed by atoms with E-state index in [1.807, 2.05) is 0 Å². The minimum absolute atomic E-state index is 0.479. The van der Waals surface area contributed by atoms with E-state index in [1.54, 1.807) is 0 Å². The monoisotopic (exact) mass is 224 g/mol. The van der Waals surface area contributed by atoms with Crippen molar-refractivity contribution in [3.8, 4) is 0 Å². The molecule has 2 fully saturated rings. The summed E-state index contributed by atoms with van der Waals surface area (Å²) < 4.78 is 0. The van der Waals surface area contributed by atoms with Crippen molar-refractivity contribution in [3.05, 3.63) is 0 Å². The lowest BCUT2D eigenvalue weighted by Gasteiger charge is -2.48. The molecule has 0 amide bonds. The highest BCUT2D eigenvalue weighted by Gasteiger charge is 2.39. The van der Waals surface area contributed by atoms with Gasteiger partial charge in [0.15, 0.2) is 0 Å². The minimum Gasteiger partial charge on any atom is -0.312 e. The molecule has 2 rings (SSSR count). The summed E-state index contributed by atoms with van der Waals surface area (Å²) in [6, 6.07) is 0.722. The summed E-state index contributed by atoms with van der Waals surface area (Å²) in [5.41, 5.74) is 0.479. The second-order valence-corrected chi connectivity index (χ2v) is 6.19. The summed E-state index contributed by atoms with van der Waals surface area (Å²) in [5.74, 6) is 0.944. The van der Waals surface area contributed by atoms with E-state index in [9.17, 15) is 0 Å². The first-order valence-corrected chi connectivity index (χ1v) is 7.05. The van der Waals surface area contributed by atoms with Crippen LogP contribution in [0.3, 0.4) is 0 Å². The molecular formula is C14H28N2. The van der Waals surface area contributed by atoms with Gasteiger partial charge in [-0.25, -0.2) is 0 Å². The SMILES string of the molecule is CC(NCC1(N(C)C)CCC1)C1CCCC1. The molecule has 1 N–H and O–H groups in total. The number of hydrogen-bond donors (Lipinski definition) is 1. The molecule has 0 aromatic rings. The Hall–Kier alpha value is -0.0800. The van der Waals surface area contributed by atoms with E-state index in [2.05, 4.69) is 31.2 Å². The van der Waals surface area contributed by atoms with Crippen molar-refractivity contribution in [2.75, 3.05) is 20.6 Å². The number of hydrogen-bond acceptors (Lipinski definition) is 2. The maximum absolute atomic E-state index is 3.81. The van der Waals surface area contributed by atoms with Crippen molar-refractivity contribution in [1.82, 2.24) is 10.2 Å². The van der Waals surface area contributed by atoms with Gasteiger partial charge in [0.2, 0.25) is 0 Å². The third-order valence-corrected chi connectivity index (χ3v) is 5.09. The fourth-order valence-corrected chi connectivity index (χ4v) is 3.34. The van der Waals surface area contributed by atoms with Crippen molar-refractivity contribution in [2.24, 2.45) is 5.92 Å². The fourth-order valence-electron chi connectivity index (χ4n) is 3.34. The number of likely N-dealkylation sites (N-methyl/N-ethyl adjacent to an activating group) is 1. The lowest BCUT2D eigenvalue weighted by molar-refractivity contribution is 0.0555. The Kier molecular flexibility index (Phi) is 3.91. The van der Waals surface area contributed by atoms with E-state index in [0.29, 0.717) is 5.54 Å². The molecule has 0 aliphatic heterocycles. The molecule has 2 heteroatoms. The number of rotatable bonds is 5. The van der Waals surface area contributed by atoms with Crippen molar-refractivity contribution in [3.63, 3.8) is 0 Å². The first-order chi connectivity index (χ1) is 7.64. The van der Waals surface area contributed by atoms with Crippen LogP contribution in [0.15, 0.2) is 0 Å². The molecule has 2 saturated carbocycles. The van der Waals surface area contributed by atoms with Gasteiger partial charge in [0, 0.05) is 18.1 Å². The van der Waals surface area contributed by atoms with Gasteiger partial charge < -0.3 is 10.2 Å². The molecule has 0 saturated heterocycles. The average Bonchev–Trinajstić information content (AvgIpc) is 2.67. The molecule has 2 aliphatic carbocycles. The second-order valence-electron chi connectivity index (χ2n) is 6.19. The van der Waals surface area contributed by atoms with Crippen LogP contribution in [0.1, 0.15) is 51.9 Å². The third kappa shape index (κ3) is 2.43. The van der Waals surface area contributed by atoms with Crippen LogP contribution in [0, 0.1) is 5.92 Å². The van der Waals surface area contributed by atoms with E-state index >= 15 is 0 Å². The minimum atomic E-state index is 0.479. The molecule has 0 spiro atoms. The van der Waals surface area contributed by atoms with E-state index in [4.69, 9.17) is 0 Å². The maximum atomic E-state index is 3.81. The molecule has 1 unspecified atom stereocenters. The Labute approximate surface area is 101 Å². The molecule has 1 atom stereocenters. The van der Waals surface area contributed by atoms with E-state index in [1.165, 1.54) is 51.5 Å². The van der Waals surface area contributed by atoms with Gasteiger partial charge in [-0.3, -0.25) is 0 Å². The van der Waals surface area contributed by atoms with Gasteiger partial charge in [0.1, 0.15) is 0 Å². The molecule has 94 valence electrons. The summed E-state index contributed by atoms with van der Waals surface area (Å²) in [7, 11) is 4.47. The number of nitrogens with zero attached hydrogens (tertiary/aromatic N) is 1. The quantitative estimate of drug-likeness (QED) is 0.772. The van der Waals surface area contributed by atoms with Crippen LogP contribution in [-0.2, 0) is 0 Å². The van der Waals surface area contributed by atoms with Crippen LogP contribution in [0.4, 0.5) is 0 Å². The lowest BCUT2D eigenvalue weighted by atomic mass is 9.75. The van der Waals surface area contributed by atoms with Gasteiger partial charge in [-0.15, -0.1) is 0 Å². The van der Waals surface area contributed by atoms with Crippen molar-refractivity contribution in [2.45, 2.75) is 63.5 Å². The molecular weight excluding hydrogens is 196 g/mol. The zero-order chi connectivity index (χ0) is 11.6. The first kappa shape index (κ1) is 12.4. The Morgan fingerprint density at radius 2 is 1.81 bits per heavy atom. The van der Waals surface area contributed by atoms with Crippen molar-refractivity contribution < 1.29 is 0 Å². The smallest absolute Gasteiger partial charge is 0.0328 e. The van der Waals surface area contributed by atoms with Crippen LogP contribution >= 0.6 is 0 Å². The summed E-state index contributed by atoms with van der Waals surface area (Å²) in [4.78, 5) is 2.44. The molecule has 0 radical (unpaired) electrons. The Balaban J connectivity index is 1.77. The van der Waals surface area contributed by atoms with Gasteiger partial charge in [-0.2, -0.15) is 0 Å². The van der Waals surface area contributed by atoms with E-state index in [0.717, 1.165) is 12.0 Å². The van der Waals surface area contributed by atoms with Gasteiger partial charge in [0.25, 0.3) is 0 Å².